The molecular formula is C10H17N4O5P. The van der Waals surface area contributed by atoms with Crippen LogP contribution >= 0.6 is 8.60 Å². The molecule has 2 heterocycles. The van der Waals surface area contributed by atoms with E-state index in [0.717, 1.165) is 5.69 Å². The van der Waals surface area contributed by atoms with Gasteiger partial charge in [-0.2, -0.15) is 0 Å². The lowest BCUT2D eigenvalue weighted by Gasteiger charge is -2.22. The van der Waals surface area contributed by atoms with Crippen molar-refractivity contribution in [3.05, 3.63) is 23.5 Å². The van der Waals surface area contributed by atoms with Crippen LogP contribution in [0.3, 0.4) is 0 Å². The van der Waals surface area contributed by atoms with Crippen LogP contribution in [0.4, 0.5) is 4.79 Å². The molecule has 10 heteroatoms. The molecular weight excluding hydrogens is 287 g/mol. The quantitative estimate of drug-likeness (QED) is 0.450. The topological polar surface area (TPSA) is 131 Å². The molecule has 9 nitrogen and oxygen atoms in total. The number of nitrogens with one attached hydrogen (secondary N) is 1. The highest BCUT2D eigenvalue weighted by Gasteiger charge is 2.23. The van der Waals surface area contributed by atoms with Gasteiger partial charge in [0.05, 0.1) is 5.69 Å². The van der Waals surface area contributed by atoms with Crippen molar-refractivity contribution >= 4 is 20.8 Å². The summed E-state index contributed by atoms with van der Waals surface area (Å²) in [5.41, 5.74) is 9.99. The van der Waals surface area contributed by atoms with Crippen molar-refractivity contribution in [1.29, 1.82) is 0 Å². The van der Waals surface area contributed by atoms with E-state index in [-0.39, 0.29) is 6.02 Å². The second-order valence-electron chi connectivity index (χ2n) is 3.42. The lowest BCUT2D eigenvalue weighted by Crippen LogP contribution is -2.36. The number of carbonyl (C=O) groups excluding carboxylic acids is 1. The average molecular weight is 304 g/mol. The Labute approximate surface area is 117 Å². The van der Waals surface area contributed by atoms with E-state index in [1.54, 1.807) is 10.7 Å². The Morgan fingerprint density at radius 2 is 2.15 bits per heavy atom. The molecule has 1 unspecified atom stereocenters. The van der Waals surface area contributed by atoms with Gasteiger partial charge in [0.2, 0.25) is 0 Å². The molecule has 0 bridgehead atoms. The summed E-state index contributed by atoms with van der Waals surface area (Å²) in [7, 11) is -2.82. The minimum atomic E-state index is -2.82. The Kier molecular flexibility index (Phi) is 5.90. The second kappa shape index (κ2) is 7.20. The van der Waals surface area contributed by atoms with E-state index in [1.807, 2.05) is 26.8 Å². The number of carbonyl (C=O) groups is 1. The number of nitrogens with two attached hydrogens (primary N) is 1. The van der Waals surface area contributed by atoms with E-state index in [9.17, 15) is 4.79 Å². The first-order valence-electron chi connectivity index (χ1n) is 5.83. The maximum Gasteiger partial charge on any atom is 0.522 e. The molecule has 0 aliphatic carbocycles. The summed E-state index contributed by atoms with van der Waals surface area (Å²) in [6.45, 7) is 5.82. The van der Waals surface area contributed by atoms with Gasteiger partial charge in [-0.25, -0.2) is 15.2 Å². The molecule has 112 valence electrons. The Balaban J connectivity index is 0.000000956. The number of rotatable bonds is 1. The van der Waals surface area contributed by atoms with Crippen LogP contribution in [0.5, 0.6) is 0 Å². The van der Waals surface area contributed by atoms with Crippen molar-refractivity contribution in [2.75, 3.05) is 5.43 Å². The highest BCUT2D eigenvalue weighted by Crippen LogP contribution is 2.25. The summed E-state index contributed by atoms with van der Waals surface area (Å²) in [6, 6.07) is 3.42. The van der Waals surface area contributed by atoms with Gasteiger partial charge in [0.1, 0.15) is 6.17 Å². The maximum absolute atomic E-state index is 11.0. The number of hydrogen-bond acceptors (Lipinski definition) is 8. The van der Waals surface area contributed by atoms with Gasteiger partial charge >= 0.3 is 20.8 Å². The minimum absolute atomic E-state index is 0.184. The standard InChI is InChI=1S/C8H11N4O5P.C2H6/c1-4-2-3-5-6(9)10-7(11-12(4)5)16-8(13)17-18(14)15;1-2/h2-3,6,14-15H,9H2,1H3,(H,10,11);1-2H3. The molecule has 1 aliphatic heterocycles. The molecule has 0 saturated heterocycles. The van der Waals surface area contributed by atoms with Crippen LogP contribution in [0.15, 0.2) is 17.1 Å². The molecule has 0 saturated carbocycles. The Morgan fingerprint density at radius 1 is 1.50 bits per heavy atom. The first kappa shape index (κ1) is 16.4. The minimum Gasteiger partial charge on any atom is -0.361 e. The third-order valence-corrected chi connectivity index (χ3v) is 2.52. The fourth-order valence-electron chi connectivity index (χ4n) is 1.47. The van der Waals surface area contributed by atoms with Crippen molar-refractivity contribution in [2.45, 2.75) is 26.9 Å². The molecule has 1 aliphatic rings. The molecule has 0 radical (unpaired) electrons. The largest absolute Gasteiger partial charge is 0.522 e. The smallest absolute Gasteiger partial charge is 0.361 e. The molecule has 0 amide bonds. The molecule has 0 aromatic carbocycles. The van der Waals surface area contributed by atoms with Crippen molar-refractivity contribution in [3.8, 4) is 0 Å². The van der Waals surface area contributed by atoms with Crippen molar-refractivity contribution in [3.63, 3.8) is 0 Å². The second-order valence-corrected chi connectivity index (χ2v) is 4.11. The molecule has 20 heavy (non-hydrogen) atoms. The summed E-state index contributed by atoms with van der Waals surface area (Å²) in [5, 5.41) is 0. The van der Waals surface area contributed by atoms with Gasteiger partial charge in [0, 0.05) is 5.69 Å². The Bertz CT molecular complexity index is 502. The van der Waals surface area contributed by atoms with Crippen LogP contribution in [0.1, 0.15) is 31.4 Å². The van der Waals surface area contributed by atoms with Crippen LogP contribution in [0.25, 0.3) is 0 Å². The van der Waals surface area contributed by atoms with Crippen molar-refractivity contribution < 1.29 is 23.8 Å². The number of aromatic nitrogens is 1. The summed E-state index contributed by atoms with van der Waals surface area (Å²) < 4.78 is 10.3. The van der Waals surface area contributed by atoms with Crippen LogP contribution in [0, 0.1) is 6.92 Å². The predicted octanol–water partition coefficient (Wildman–Crippen LogP) is 1.06. The fourth-order valence-corrected chi connectivity index (χ4v) is 1.64. The number of hydrogen-bond donors (Lipinski definition) is 4. The van der Waals surface area contributed by atoms with Crippen LogP contribution in [-0.4, -0.2) is 26.6 Å². The van der Waals surface area contributed by atoms with Gasteiger partial charge in [-0.3, -0.25) is 4.68 Å². The van der Waals surface area contributed by atoms with E-state index in [4.69, 9.17) is 15.5 Å². The third-order valence-electron chi connectivity index (χ3n) is 2.21. The first-order chi connectivity index (χ1) is 9.47. The number of fused-ring (bicyclic) bond motifs is 1. The number of ether oxygens (including phenoxy) is 1. The maximum atomic E-state index is 11.0. The van der Waals surface area contributed by atoms with Crippen molar-refractivity contribution in [2.24, 2.45) is 10.7 Å². The monoisotopic (exact) mass is 304 g/mol. The van der Waals surface area contributed by atoms with Gasteiger partial charge in [-0.05, 0) is 19.1 Å². The molecule has 0 fully saturated rings. The molecule has 1 aromatic rings. The number of aryl methyl sites for hydroxylation is 1. The summed E-state index contributed by atoms with van der Waals surface area (Å²) >= 11 is 0. The van der Waals surface area contributed by atoms with Crippen molar-refractivity contribution in [1.82, 2.24) is 4.68 Å². The van der Waals surface area contributed by atoms with E-state index in [1.165, 1.54) is 0 Å². The SMILES string of the molecule is CC.Cc1ccc2n1NC(OC(=O)OP(O)O)=NC2N. The van der Waals surface area contributed by atoms with Crippen LogP contribution in [-0.2, 0) is 9.26 Å². The predicted molar refractivity (Wildman–Crippen MR) is 73.2 cm³/mol. The molecule has 0 spiro atoms. The summed E-state index contributed by atoms with van der Waals surface area (Å²) in [4.78, 5) is 31.9. The number of aliphatic imine (C=N–C) groups is 1. The highest BCUT2D eigenvalue weighted by atomic mass is 31.2. The number of amidine groups is 1. The molecule has 1 aromatic heterocycles. The lowest BCUT2D eigenvalue weighted by molar-refractivity contribution is 0.140. The van der Waals surface area contributed by atoms with Gasteiger partial charge in [-0.1, -0.05) is 13.8 Å². The lowest BCUT2D eigenvalue weighted by atomic mass is 10.3. The van der Waals surface area contributed by atoms with Crippen LogP contribution in [0.2, 0.25) is 0 Å². The molecule has 1 atom stereocenters. The van der Waals surface area contributed by atoms with Gasteiger partial charge in [0.25, 0.3) is 0 Å². The highest BCUT2D eigenvalue weighted by molar-refractivity contribution is 7.40. The normalized spacial score (nSPS) is 16.4. The average Bonchev–Trinajstić information content (AvgIpc) is 2.73. The van der Waals surface area contributed by atoms with E-state index in [0.29, 0.717) is 5.69 Å². The first-order valence-corrected chi connectivity index (χ1v) is 7.00. The summed E-state index contributed by atoms with van der Waals surface area (Å²) in [5.74, 6) is 0. The Morgan fingerprint density at radius 3 is 2.75 bits per heavy atom. The van der Waals surface area contributed by atoms with Gasteiger partial charge in [0.15, 0.2) is 0 Å². The zero-order chi connectivity index (χ0) is 15.3. The van der Waals surface area contributed by atoms with E-state index >= 15 is 0 Å². The van der Waals surface area contributed by atoms with Crippen LogP contribution < -0.4 is 11.2 Å². The van der Waals surface area contributed by atoms with E-state index in [2.05, 4.69) is 19.7 Å². The zero-order valence-electron chi connectivity index (χ0n) is 11.3. The summed E-state index contributed by atoms with van der Waals surface area (Å²) in [6.07, 6.45) is -1.97. The zero-order valence-corrected chi connectivity index (χ0v) is 12.2. The molecule has 5 N–H and O–H groups in total. The third kappa shape index (κ3) is 3.91. The Hall–Kier alpha value is -1.67. The number of nitrogens with zero attached hydrogens (tertiary/aromatic N) is 2. The van der Waals surface area contributed by atoms with Gasteiger partial charge in [-0.15, -0.1) is 0 Å². The molecule has 2 rings (SSSR count). The van der Waals surface area contributed by atoms with Gasteiger partial charge < -0.3 is 24.8 Å². The van der Waals surface area contributed by atoms with E-state index < -0.39 is 20.9 Å². The fraction of sp³-hybridized carbons (Fsp3) is 0.400.